The van der Waals surface area contributed by atoms with E-state index in [1.165, 1.54) is 11.1 Å². The molecule has 0 bridgehead atoms. The molecular weight excluding hydrogens is 172 g/mol. The second-order valence-corrected chi connectivity index (χ2v) is 3.76. The van der Waals surface area contributed by atoms with Crippen molar-refractivity contribution in [3.05, 3.63) is 35.4 Å². The lowest BCUT2D eigenvalue weighted by molar-refractivity contribution is 0.254. The van der Waals surface area contributed by atoms with Crippen molar-refractivity contribution in [3.63, 3.8) is 0 Å². The van der Waals surface area contributed by atoms with E-state index < -0.39 is 0 Å². The molecule has 0 spiro atoms. The van der Waals surface area contributed by atoms with Crippen LogP contribution in [0, 0.1) is 11.5 Å². The third-order valence-corrected chi connectivity index (χ3v) is 2.96. The minimum atomic E-state index is 0.398. The van der Waals surface area contributed by atoms with E-state index in [0.29, 0.717) is 6.04 Å². The van der Waals surface area contributed by atoms with Crippen molar-refractivity contribution in [2.45, 2.75) is 32.4 Å². The van der Waals surface area contributed by atoms with Crippen molar-refractivity contribution < 1.29 is 0 Å². The number of rotatable bonds is 1. The number of nitrogens with zero attached hydrogens (tertiary/aromatic N) is 2. The van der Waals surface area contributed by atoms with Gasteiger partial charge in [0.1, 0.15) is 0 Å². The van der Waals surface area contributed by atoms with E-state index in [1.807, 2.05) is 11.0 Å². The molecular formula is C12H14N2. The van der Waals surface area contributed by atoms with Gasteiger partial charge in [0.15, 0.2) is 6.19 Å². The Bertz CT molecular complexity index is 365. The molecule has 1 heterocycles. The molecule has 0 saturated heterocycles. The highest BCUT2D eigenvalue weighted by atomic mass is 15.1. The van der Waals surface area contributed by atoms with Crippen LogP contribution in [0.1, 0.15) is 24.5 Å². The minimum Gasteiger partial charge on any atom is -0.303 e. The first-order valence-electron chi connectivity index (χ1n) is 5.08. The van der Waals surface area contributed by atoms with Crippen molar-refractivity contribution >= 4 is 0 Å². The lowest BCUT2D eigenvalue weighted by atomic mass is 9.93. The van der Waals surface area contributed by atoms with Crippen LogP contribution in [0.3, 0.4) is 0 Å². The molecule has 0 saturated carbocycles. The van der Waals surface area contributed by atoms with Gasteiger partial charge in [-0.05, 0) is 24.0 Å². The lowest BCUT2D eigenvalue weighted by Gasteiger charge is -2.32. The maximum Gasteiger partial charge on any atom is 0.179 e. The minimum absolute atomic E-state index is 0.398. The molecule has 0 radical (unpaired) electrons. The molecule has 1 aliphatic heterocycles. The third-order valence-electron chi connectivity index (χ3n) is 2.96. The molecule has 72 valence electrons. The fourth-order valence-corrected chi connectivity index (χ4v) is 2.07. The molecule has 0 aliphatic carbocycles. The van der Waals surface area contributed by atoms with Gasteiger partial charge in [-0.25, -0.2) is 0 Å². The molecule has 2 heteroatoms. The van der Waals surface area contributed by atoms with Gasteiger partial charge in [0.2, 0.25) is 0 Å². The Kier molecular flexibility index (Phi) is 2.41. The largest absolute Gasteiger partial charge is 0.303 e. The van der Waals surface area contributed by atoms with E-state index in [-0.39, 0.29) is 0 Å². The number of benzene rings is 1. The normalized spacial score (nSPS) is 20.0. The SMILES string of the molecule is CCC1Cc2ccccc2CN1C#N. The molecule has 14 heavy (non-hydrogen) atoms. The van der Waals surface area contributed by atoms with Crippen LogP contribution in [0.2, 0.25) is 0 Å². The zero-order chi connectivity index (χ0) is 9.97. The maximum atomic E-state index is 8.99. The Morgan fingerprint density at radius 1 is 1.43 bits per heavy atom. The van der Waals surface area contributed by atoms with Crippen LogP contribution in [0.5, 0.6) is 0 Å². The first kappa shape index (κ1) is 9.08. The van der Waals surface area contributed by atoms with Crippen LogP contribution in [0.25, 0.3) is 0 Å². The Morgan fingerprint density at radius 3 is 2.79 bits per heavy atom. The van der Waals surface area contributed by atoms with E-state index >= 15 is 0 Å². The molecule has 1 aliphatic rings. The summed E-state index contributed by atoms with van der Waals surface area (Å²) in [6.45, 7) is 2.92. The molecule has 2 nitrogen and oxygen atoms in total. The lowest BCUT2D eigenvalue weighted by Crippen LogP contribution is -2.36. The van der Waals surface area contributed by atoms with Crippen LogP contribution in [-0.2, 0) is 13.0 Å². The Hall–Kier alpha value is -1.49. The summed E-state index contributed by atoms with van der Waals surface area (Å²) < 4.78 is 0. The summed E-state index contributed by atoms with van der Waals surface area (Å²) in [6, 6.07) is 8.81. The Balaban J connectivity index is 2.30. The highest BCUT2D eigenvalue weighted by Crippen LogP contribution is 2.23. The van der Waals surface area contributed by atoms with Gasteiger partial charge in [-0.2, -0.15) is 5.26 Å². The maximum absolute atomic E-state index is 8.99. The Labute approximate surface area is 84.8 Å². The monoisotopic (exact) mass is 186 g/mol. The van der Waals surface area contributed by atoms with Gasteiger partial charge in [-0.1, -0.05) is 31.2 Å². The first-order chi connectivity index (χ1) is 6.85. The van der Waals surface area contributed by atoms with Gasteiger partial charge < -0.3 is 4.90 Å². The average Bonchev–Trinajstić information content (AvgIpc) is 2.27. The number of hydrogen-bond acceptors (Lipinski definition) is 2. The summed E-state index contributed by atoms with van der Waals surface area (Å²) in [5.74, 6) is 0. The molecule has 0 fully saturated rings. The fourth-order valence-electron chi connectivity index (χ4n) is 2.07. The molecule has 0 N–H and O–H groups in total. The van der Waals surface area contributed by atoms with Crippen molar-refractivity contribution in [2.24, 2.45) is 0 Å². The van der Waals surface area contributed by atoms with Gasteiger partial charge in [0.25, 0.3) is 0 Å². The van der Waals surface area contributed by atoms with E-state index in [1.54, 1.807) is 0 Å². The topological polar surface area (TPSA) is 27.0 Å². The number of nitriles is 1. The van der Waals surface area contributed by atoms with Gasteiger partial charge in [-0.3, -0.25) is 0 Å². The summed E-state index contributed by atoms with van der Waals surface area (Å²) in [5.41, 5.74) is 2.71. The molecule has 0 aromatic heterocycles. The smallest absolute Gasteiger partial charge is 0.179 e. The quantitative estimate of drug-likeness (QED) is 0.629. The molecule has 1 aromatic rings. The van der Waals surface area contributed by atoms with Crippen LogP contribution in [0.15, 0.2) is 24.3 Å². The molecule has 1 atom stereocenters. The number of fused-ring (bicyclic) bond motifs is 1. The van der Waals surface area contributed by atoms with Gasteiger partial charge in [-0.15, -0.1) is 0 Å². The highest BCUT2D eigenvalue weighted by molar-refractivity contribution is 5.30. The Morgan fingerprint density at radius 2 is 2.14 bits per heavy atom. The summed E-state index contributed by atoms with van der Waals surface area (Å²) >= 11 is 0. The van der Waals surface area contributed by atoms with E-state index in [9.17, 15) is 0 Å². The third kappa shape index (κ3) is 1.46. The number of hydrogen-bond donors (Lipinski definition) is 0. The van der Waals surface area contributed by atoms with Gasteiger partial charge >= 0.3 is 0 Å². The van der Waals surface area contributed by atoms with Crippen LogP contribution in [-0.4, -0.2) is 10.9 Å². The van der Waals surface area contributed by atoms with Crippen molar-refractivity contribution in [3.8, 4) is 6.19 Å². The summed E-state index contributed by atoms with van der Waals surface area (Å²) in [4.78, 5) is 1.89. The second-order valence-electron chi connectivity index (χ2n) is 3.76. The van der Waals surface area contributed by atoms with Crippen molar-refractivity contribution in [1.82, 2.24) is 4.90 Å². The molecule has 1 aromatic carbocycles. The zero-order valence-corrected chi connectivity index (χ0v) is 8.40. The molecule has 1 unspecified atom stereocenters. The second kappa shape index (κ2) is 3.71. The van der Waals surface area contributed by atoms with Crippen LogP contribution >= 0.6 is 0 Å². The van der Waals surface area contributed by atoms with E-state index in [0.717, 1.165) is 19.4 Å². The standard InChI is InChI=1S/C12H14N2/c1-2-12-7-10-5-3-4-6-11(10)8-14(12)9-13/h3-6,12H,2,7-8H2,1H3. The van der Waals surface area contributed by atoms with Crippen LogP contribution in [0.4, 0.5) is 0 Å². The summed E-state index contributed by atoms with van der Waals surface area (Å²) in [7, 11) is 0. The molecule has 0 amide bonds. The first-order valence-corrected chi connectivity index (χ1v) is 5.08. The predicted molar refractivity (Wildman–Crippen MR) is 55.4 cm³/mol. The van der Waals surface area contributed by atoms with Gasteiger partial charge in [0.05, 0.1) is 6.54 Å². The summed E-state index contributed by atoms with van der Waals surface area (Å²) in [6.07, 6.45) is 4.34. The van der Waals surface area contributed by atoms with Gasteiger partial charge in [0, 0.05) is 6.04 Å². The van der Waals surface area contributed by atoms with E-state index in [2.05, 4.69) is 31.3 Å². The fraction of sp³-hybridized carbons (Fsp3) is 0.417. The highest BCUT2D eigenvalue weighted by Gasteiger charge is 2.23. The zero-order valence-electron chi connectivity index (χ0n) is 8.40. The van der Waals surface area contributed by atoms with Crippen molar-refractivity contribution in [1.29, 1.82) is 5.26 Å². The molecule has 2 rings (SSSR count). The van der Waals surface area contributed by atoms with E-state index in [4.69, 9.17) is 5.26 Å². The predicted octanol–water partition coefficient (Wildman–Crippen LogP) is 2.30. The van der Waals surface area contributed by atoms with Crippen LogP contribution < -0.4 is 0 Å². The average molecular weight is 186 g/mol. The summed E-state index contributed by atoms with van der Waals surface area (Å²) in [5, 5.41) is 8.99. The van der Waals surface area contributed by atoms with Crippen molar-refractivity contribution in [2.75, 3.05) is 0 Å².